The Labute approximate surface area is 207 Å². The van der Waals surface area contributed by atoms with Gasteiger partial charge in [0.25, 0.3) is 17.7 Å². The van der Waals surface area contributed by atoms with E-state index in [4.69, 9.17) is 13.6 Å². The summed E-state index contributed by atoms with van der Waals surface area (Å²) in [4.78, 5) is 42.3. The summed E-state index contributed by atoms with van der Waals surface area (Å²) in [5.74, 6) is -0.102. The van der Waals surface area contributed by atoms with Gasteiger partial charge in [0.05, 0.1) is 6.26 Å². The Kier molecular flexibility index (Phi) is 6.44. The number of carbonyl (C=O) groups excluding carboxylic acids is 3. The highest BCUT2D eigenvalue weighted by Gasteiger charge is 2.31. The van der Waals surface area contributed by atoms with E-state index in [1.54, 1.807) is 59.2 Å². The summed E-state index contributed by atoms with van der Waals surface area (Å²) in [5.41, 5.74) is 0.789. The van der Waals surface area contributed by atoms with Gasteiger partial charge in [-0.1, -0.05) is 30.3 Å². The van der Waals surface area contributed by atoms with Crippen molar-refractivity contribution in [3.63, 3.8) is 0 Å². The van der Waals surface area contributed by atoms with Crippen LogP contribution in [0.1, 0.15) is 28.0 Å². The molecule has 3 heterocycles. The topological polar surface area (TPSA) is 105 Å². The minimum absolute atomic E-state index is 0.0438. The number of carbonyl (C=O) groups is 3. The Morgan fingerprint density at radius 2 is 1.53 bits per heavy atom. The van der Waals surface area contributed by atoms with Gasteiger partial charge >= 0.3 is 0 Å². The first-order valence-electron chi connectivity index (χ1n) is 11.7. The van der Waals surface area contributed by atoms with E-state index >= 15 is 0 Å². The number of furan rings is 2. The number of piperazine rings is 1. The number of anilines is 1. The summed E-state index contributed by atoms with van der Waals surface area (Å²) in [7, 11) is 0. The Bertz CT molecular complexity index is 1370. The van der Waals surface area contributed by atoms with Crippen molar-refractivity contribution >= 4 is 34.4 Å². The molecule has 1 aliphatic rings. The normalized spacial score (nSPS) is 14.5. The first-order valence-corrected chi connectivity index (χ1v) is 11.7. The monoisotopic (exact) mass is 487 g/mol. The van der Waals surface area contributed by atoms with E-state index in [0.29, 0.717) is 48.6 Å². The van der Waals surface area contributed by atoms with E-state index in [-0.39, 0.29) is 23.3 Å². The highest BCUT2D eigenvalue weighted by molar-refractivity contribution is 6.11. The number of ether oxygens (including phenoxy) is 1. The van der Waals surface area contributed by atoms with Crippen molar-refractivity contribution in [2.45, 2.75) is 13.0 Å². The zero-order valence-corrected chi connectivity index (χ0v) is 19.7. The number of benzene rings is 2. The average molecular weight is 488 g/mol. The van der Waals surface area contributed by atoms with Crippen LogP contribution in [0.2, 0.25) is 0 Å². The highest BCUT2D eigenvalue weighted by Crippen LogP contribution is 2.32. The molecular weight excluding hydrogens is 462 g/mol. The number of para-hydroxylation sites is 2. The van der Waals surface area contributed by atoms with E-state index in [1.165, 1.54) is 6.26 Å². The predicted molar refractivity (Wildman–Crippen MR) is 132 cm³/mol. The van der Waals surface area contributed by atoms with Crippen molar-refractivity contribution in [2.24, 2.45) is 0 Å². The van der Waals surface area contributed by atoms with Crippen LogP contribution in [0.25, 0.3) is 11.0 Å². The van der Waals surface area contributed by atoms with Crippen LogP contribution in [0.3, 0.4) is 0 Å². The average Bonchev–Trinajstić information content (AvgIpc) is 3.57. The molecule has 9 nitrogen and oxygen atoms in total. The predicted octanol–water partition coefficient (Wildman–Crippen LogP) is 4.03. The third-order valence-electron chi connectivity index (χ3n) is 6.05. The molecule has 1 aliphatic heterocycles. The summed E-state index contributed by atoms with van der Waals surface area (Å²) in [5, 5.41) is 3.46. The quantitative estimate of drug-likeness (QED) is 0.440. The van der Waals surface area contributed by atoms with E-state index in [2.05, 4.69) is 5.32 Å². The van der Waals surface area contributed by atoms with Crippen molar-refractivity contribution in [1.29, 1.82) is 0 Å². The van der Waals surface area contributed by atoms with Gasteiger partial charge in [-0.25, -0.2) is 0 Å². The standard InChI is InChI=1S/C27H25N3O6/c1-18(35-19-8-3-2-4-9-19)25(31)28-23-20-10-5-6-11-21(20)36-24(23)27(33)30-15-13-29(14-16-30)26(32)22-12-7-17-34-22/h2-12,17-18H,13-16H2,1H3,(H,28,31)/t18-/m1/s1. The molecule has 36 heavy (non-hydrogen) atoms. The summed E-state index contributed by atoms with van der Waals surface area (Å²) >= 11 is 0. The zero-order chi connectivity index (χ0) is 25.1. The van der Waals surface area contributed by atoms with Crippen LogP contribution in [0.5, 0.6) is 5.75 Å². The molecule has 1 fully saturated rings. The second-order valence-electron chi connectivity index (χ2n) is 8.43. The number of amides is 3. The first-order chi connectivity index (χ1) is 17.5. The molecule has 4 aromatic rings. The van der Waals surface area contributed by atoms with Crippen LogP contribution >= 0.6 is 0 Å². The number of hydrogen-bond donors (Lipinski definition) is 1. The van der Waals surface area contributed by atoms with Crippen LogP contribution in [-0.4, -0.2) is 59.8 Å². The molecule has 184 valence electrons. The fourth-order valence-corrected chi connectivity index (χ4v) is 4.11. The van der Waals surface area contributed by atoms with Crippen molar-refractivity contribution < 1.29 is 28.0 Å². The molecule has 0 unspecified atom stereocenters. The molecular formula is C27H25N3O6. The van der Waals surface area contributed by atoms with Crippen molar-refractivity contribution in [3.05, 3.63) is 84.5 Å². The lowest BCUT2D eigenvalue weighted by atomic mass is 10.2. The largest absolute Gasteiger partial charge is 0.481 e. The van der Waals surface area contributed by atoms with Gasteiger partial charge in [0.2, 0.25) is 5.76 Å². The van der Waals surface area contributed by atoms with Gasteiger partial charge in [-0.3, -0.25) is 14.4 Å². The fraction of sp³-hybridized carbons (Fsp3) is 0.222. The van der Waals surface area contributed by atoms with Crippen molar-refractivity contribution in [3.8, 4) is 5.75 Å². The molecule has 0 bridgehead atoms. The van der Waals surface area contributed by atoms with Crippen LogP contribution in [0.15, 0.2) is 81.8 Å². The molecule has 0 radical (unpaired) electrons. The molecule has 2 aromatic heterocycles. The van der Waals surface area contributed by atoms with Gasteiger partial charge in [0.1, 0.15) is 17.0 Å². The Morgan fingerprint density at radius 1 is 0.861 bits per heavy atom. The SMILES string of the molecule is C[C@@H](Oc1ccccc1)C(=O)Nc1c(C(=O)N2CCN(C(=O)c3ccco3)CC2)oc2ccccc12. The zero-order valence-electron chi connectivity index (χ0n) is 19.7. The number of fused-ring (bicyclic) bond motifs is 1. The maximum atomic E-state index is 13.5. The van der Waals surface area contributed by atoms with Crippen molar-refractivity contribution in [1.82, 2.24) is 9.80 Å². The van der Waals surface area contributed by atoms with Gasteiger partial charge in [-0.2, -0.15) is 0 Å². The molecule has 1 N–H and O–H groups in total. The number of rotatable bonds is 6. The second kappa shape index (κ2) is 9.99. The second-order valence-corrected chi connectivity index (χ2v) is 8.43. The van der Waals surface area contributed by atoms with E-state index < -0.39 is 12.0 Å². The van der Waals surface area contributed by atoms with E-state index in [9.17, 15) is 14.4 Å². The molecule has 1 atom stereocenters. The summed E-state index contributed by atoms with van der Waals surface area (Å²) < 4.78 is 16.8. The van der Waals surface area contributed by atoms with Gasteiger partial charge in [0.15, 0.2) is 11.9 Å². The van der Waals surface area contributed by atoms with Crippen LogP contribution in [0, 0.1) is 0 Å². The fourth-order valence-electron chi connectivity index (χ4n) is 4.11. The molecule has 5 rings (SSSR count). The molecule has 1 saturated heterocycles. The third-order valence-corrected chi connectivity index (χ3v) is 6.05. The number of hydrogen-bond acceptors (Lipinski definition) is 6. The van der Waals surface area contributed by atoms with E-state index in [0.717, 1.165) is 0 Å². The lowest BCUT2D eigenvalue weighted by Gasteiger charge is -2.34. The van der Waals surface area contributed by atoms with Crippen molar-refractivity contribution in [2.75, 3.05) is 31.5 Å². The molecule has 2 aromatic carbocycles. The maximum Gasteiger partial charge on any atom is 0.291 e. The Balaban J connectivity index is 1.32. The minimum atomic E-state index is -0.805. The molecule has 0 saturated carbocycles. The molecule has 3 amide bonds. The van der Waals surface area contributed by atoms with Crippen LogP contribution < -0.4 is 10.1 Å². The van der Waals surface area contributed by atoms with Gasteiger partial charge in [-0.15, -0.1) is 0 Å². The van der Waals surface area contributed by atoms with Gasteiger partial charge in [0, 0.05) is 31.6 Å². The summed E-state index contributed by atoms with van der Waals surface area (Å²) in [6, 6.07) is 19.5. The molecule has 0 spiro atoms. The van der Waals surface area contributed by atoms with Gasteiger partial charge < -0.3 is 28.7 Å². The number of nitrogens with one attached hydrogen (secondary N) is 1. The van der Waals surface area contributed by atoms with Gasteiger partial charge in [-0.05, 0) is 43.3 Å². The minimum Gasteiger partial charge on any atom is -0.481 e. The smallest absolute Gasteiger partial charge is 0.291 e. The van der Waals surface area contributed by atoms with E-state index in [1.807, 2.05) is 24.3 Å². The van der Waals surface area contributed by atoms with Crippen LogP contribution in [0.4, 0.5) is 5.69 Å². The summed E-state index contributed by atoms with van der Waals surface area (Å²) in [6.45, 7) is 3.00. The maximum absolute atomic E-state index is 13.5. The lowest BCUT2D eigenvalue weighted by molar-refractivity contribution is -0.122. The third kappa shape index (κ3) is 4.68. The number of nitrogens with zero attached hydrogens (tertiary/aromatic N) is 2. The highest BCUT2D eigenvalue weighted by atomic mass is 16.5. The van der Waals surface area contributed by atoms with Crippen LogP contribution in [-0.2, 0) is 4.79 Å². The Morgan fingerprint density at radius 3 is 2.22 bits per heavy atom. The Hall–Kier alpha value is -4.53. The molecule has 0 aliphatic carbocycles. The molecule has 9 heteroatoms. The lowest BCUT2D eigenvalue weighted by Crippen LogP contribution is -2.50. The summed E-state index contributed by atoms with van der Waals surface area (Å²) in [6.07, 6.45) is 0.649. The first kappa shape index (κ1) is 23.2.